The van der Waals surface area contributed by atoms with E-state index in [1.807, 2.05) is 11.8 Å². The predicted molar refractivity (Wildman–Crippen MR) is 70.3 cm³/mol. The van der Waals surface area contributed by atoms with Gasteiger partial charge in [-0.25, -0.2) is 0 Å². The summed E-state index contributed by atoms with van der Waals surface area (Å²) in [5, 5.41) is 7.07. The molecule has 4 nitrogen and oxygen atoms in total. The Labute approximate surface area is 107 Å². The number of ether oxygens (including phenoxy) is 1. The minimum Gasteiger partial charge on any atom is -0.378 e. The van der Waals surface area contributed by atoms with Crippen molar-refractivity contribution in [1.29, 1.82) is 0 Å². The summed E-state index contributed by atoms with van der Waals surface area (Å²) in [6, 6.07) is 0.219. The third kappa shape index (κ3) is 3.86. The Morgan fingerprint density at radius 1 is 1.53 bits per heavy atom. The average Bonchev–Trinajstić information content (AvgIpc) is 2.78. The van der Waals surface area contributed by atoms with Gasteiger partial charge in [-0.15, -0.1) is 0 Å². The molecule has 2 fully saturated rings. The molecule has 0 aromatic carbocycles. The van der Waals surface area contributed by atoms with Crippen LogP contribution in [0, 0.1) is 0 Å². The molecular weight excluding hydrogens is 236 g/mol. The van der Waals surface area contributed by atoms with Crippen LogP contribution in [0.3, 0.4) is 0 Å². The fraction of sp³-hybridized carbons (Fsp3) is 0.917. The standard InChI is InChI=1S/C12H22N2O2S/c1-2-17-10-4-3-9(7-10)14-12(15)11-8-16-6-5-13-11/h9-11,13H,2-8H2,1H3,(H,14,15). The molecule has 2 aliphatic rings. The molecule has 1 aliphatic heterocycles. The van der Waals surface area contributed by atoms with E-state index >= 15 is 0 Å². The van der Waals surface area contributed by atoms with E-state index in [9.17, 15) is 4.79 Å². The second-order valence-corrected chi connectivity index (χ2v) is 6.25. The molecule has 5 heteroatoms. The summed E-state index contributed by atoms with van der Waals surface area (Å²) in [4.78, 5) is 12.0. The van der Waals surface area contributed by atoms with Crippen molar-refractivity contribution in [2.45, 2.75) is 43.5 Å². The monoisotopic (exact) mass is 258 g/mol. The zero-order valence-corrected chi connectivity index (χ0v) is 11.2. The highest BCUT2D eigenvalue weighted by Crippen LogP contribution is 2.29. The number of amides is 1. The first-order valence-electron chi connectivity index (χ1n) is 6.52. The summed E-state index contributed by atoms with van der Waals surface area (Å²) in [7, 11) is 0. The lowest BCUT2D eigenvalue weighted by Crippen LogP contribution is -2.53. The van der Waals surface area contributed by atoms with Crippen LogP contribution >= 0.6 is 11.8 Å². The van der Waals surface area contributed by atoms with Gasteiger partial charge in [0.05, 0.1) is 13.2 Å². The van der Waals surface area contributed by atoms with Crippen molar-refractivity contribution in [1.82, 2.24) is 10.6 Å². The minimum absolute atomic E-state index is 0.108. The second-order valence-electron chi connectivity index (χ2n) is 4.68. The molecule has 98 valence electrons. The molecule has 1 aliphatic carbocycles. The van der Waals surface area contributed by atoms with Crippen molar-refractivity contribution in [2.75, 3.05) is 25.5 Å². The van der Waals surface area contributed by atoms with Gasteiger partial charge in [0.15, 0.2) is 0 Å². The summed E-state index contributed by atoms with van der Waals surface area (Å²) in [6.45, 7) is 4.19. The summed E-state index contributed by atoms with van der Waals surface area (Å²) in [6.07, 6.45) is 3.48. The normalized spacial score (nSPS) is 33.6. The maximum atomic E-state index is 12.0. The Morgan fingerprint density at radius 2 is 2.41 bits per heavy atom. The molecule has 0 radical (unpaired) electrons. The van der Waals surface area contributed by atoms with Crippen LogP contribution in [0.5, 0.6) is 0 Å². The number of hydrogen-bond donors (Lipinski definition) is 2. The lowest BCUT2D eigenvalue weighted by Gasteiger charge is -2.24. The molecule has 0 aromatic rings. The van der Waals surface area contributed by atoms with Gasteiger partial charge in [0.2, 0.25) is 5.91 Å². The quantitative estimate of drug-likeness (QED) is 0.782. The molecular formula is C12H22N2O2S. The molecule has 0 aromatic heterocycles. The maximum Gasteiger partial charge on any atom is 0.239 e. The van der Waals surface area contributed by atoms with Crippen LogP contribution in [0.2, 0.25) is 0 Å². The summed E-state index contributed by atoms with van der Waals surface area (Å²) in [5.74, 6) is 1.28. The fourth-order valence-corrected chi connectivity index (χ4v) is 3.64. The van der Waals surface area contributed by atoms with Crippen LogP contribution < -0.4 is 10.6 Å². The van der Waals surface area contributed by atoms with Gasteiger partial charge < -0.3 is 15.4 Å². The smallest absolute Gasteiger partial charge is 0.239 e. The highest BCUT2D eigenvalue weighted by atomic mass is 32.2. The molecule has 3 unspecified atom stereocenters. The van der Waals surface area contributed by atoms with E-state index in [0.717, 1.165) is 24.6 Å². The lowest BCUT2D eigenvalue weighted by molar-refractivity contribution is -0.126. The molecule has 0 bridgehead atoms. The van der Waals surface area contributed by atoms with Gasteiger partial charge in [-0.2, -0.15) is 11.8 Å². The Balaban J connectivity index is 1.71. The molecule has 1 heterocycles. The fourth-order valence-electron chi connectivity index (χ4n) is 2.49. The average molecular weight is 258 g/mol. The summed E-state index contributed by atoms with van der Waals surface area (Å²) < 4.78 is 5.30. The summed E-state index contributed by atoms with van der Waals surface area (Å²) in [5.41, 5.74) is 0. The maximum absolute atomic E-state index is 12.0. The van der Waals surface area contributed by atoms with E-state index in [4.69, 9.17) is 4.74 Å². The topological polar surface area (TPSA) is 50.4 Å². The highest BCUT2D eigenvalue weighted by Gasteiger charge is 2.28. The van der Waals surface area contributed by atoms with Crippen molar-refractivity contribution in [2.24, 2.45) is 0 Å². The largest absolute Gasteiger partial charge is 0.378 e. The van der Waals surface area contributed by atoms with Gasteiger partial charge >= 0.3 is 0 Å². The zero-order valence-electron chi connectivity index (χ0n) is 10.4. The molecule has 1 saturated heterocycles. The van der Waals surface area contributed by atoms with E-state index in [2.05, 4.69) is 17.6 Å². The molecule has 3 atom stereocenters. The molecule has 1 amide bonds. The zero-order chi connectivity index (χ0) is 12.1. The van der Waals surface area contributed by atoms with E-state index in [-0.39, 0.29) is 11.9 Å². The first kappa shape index (κ1) is 13.2. The van der Waals surface area contributed by atoms with Crippen LogP contribution in [0.25, 0.3) is 0 Å². The SMILES string of the molecule is CCSC1CCC(NC(=O)C2COCCN2)C1. The third-order valence-electron chi connectivity index (χ3n) is 3.37. The number of morpholine rings is 1. The molecule has 0 spiro atoms. The van der Waals surface area contributed by atoms with Gasteiger partial charge in [-0.1, -0.05) is 6.92 Å². The van der Waals surface area contributed by atoms with Crippen LogP contribution in [0.15, 0.2) is 0 Å². The van der Waals surface area contributed by atoms with Crippen LogP contribution in [-0.2, 0) is 9.53 Å². The number of nitrogens with one attached hydrogen (secondary N) is 2. The Morgan fingerprint density at radius 3 is 3.12 bits per heavy atom. The second kappa shape index (κ2) is 6.61. The van der Waals surface area contributed by atoms with Crippen molar-refractivity contribution < 1.29 is 9.53 Å². The van der Waals surface area contributed by atoms with Crippen molar-refractivity contribution >= 4 is 17.7 Å². The van der Waals surface area contributed by atoms with E-state index < -0.39 is 0 Å². The van der Waals surface area contributed by atoms with E-state index in [0.29, 0.717) is 19.3 Å². The van der Waals surface area contributed by atoms with Crippen molar-refractivity contribution in [3.05, 3.63) is 0 Å². The molecule has 2 N–H and O–H groups in total. The number of hydrogen-bond acceptors (Lipinski definition) is 4. The Hall–Kier alpha value is -0.260. The first-order valence-corrected chi connectivity index (χ1v) is 7.57. The van der Waals surface area contributed by atoms with Crippen molar-refractivity contribution in [3.8, 4) is 0 Å². The van der Waals surface area contributed by atoms with E-state index in [1.165, 1.54) is 12.2 Å². The number of carbonyl (C=O) groups is 1. The predicted octanol–water partition coefficient (Wildman–Crippen LogP) is 0.765. The van der Waals surface area contributed by atoms with Gasteiger partial charge in [-0.05, 0) is 25.0 Å². The highest BCUT2D eigenvalue weighted by molar-refractivity contribution is 7.99. The van der Waals surface area contributed by atoms with Gasteiger partial charge in [0.1, 0.15) is 6.04 Å². The number of rotatable bonds is 4. The molecule has 2 rings (SSSR count). The Bertz CT molecular complexity index is 257. The summed E-state index contributed by atoms with van der Waals surface area (Å²) >= 11 is 2.01. The lowest BCUT2D eigenvalue weighted by atomic mass is 10.2. The molecule has 17 heavy (non-hydrogen) atoms. The van der Waals surface area contributed by atoms with Crippen molar-refractivity contribution in [3.63, 3.8) is 0 Å². The van der Waals surface area contributed by atoms with Gasteiger partial charge in [0.25, 0.3) is 0 Å². The first-order chi connectivity index (χ1) is 8.29. The Kier molecular flexibility index (Phi) is 5.13. The van der Waals surface area contributed by atoms with Crippen LogP contribution in [0.4, 0.5) is 0 Å². The van der Waals surface area contributed by atoms with Crippen LogP contribution in [0.1, 0.15) is 26.2 Å². The number of carbonyl (C=O) groups excluding carboxylic acids is 1. The third-order valence-corrected chi connectivity index (χ3v) is 4.60. The van der Waals surface area contributed by atoms with Crippen LogP contribution in [-0.4, -0.2) is 48.8 Å². The minimum atomic E-state index is -0.151. The number of thioether (sulfide) groups is 1. The molecule has 1 saturated carbocycles. The van der Waals surface area contributed by atoms with E-state index in [1.54, 1.807) is 0 Å². The van der Waals surface area contributed by atoms with Gasteiger partial charge in [-0.3, -0.25) is 4.79 Å². The van der Waals surface area contributed by atoms with Gasteiger partial charge in [0, 0.05) is 17.8 Å².